The topological polar surface area (TPSA) is 55.8 Å². The summed E-state index contributed by atoms with van der Waals surface area (Å²) in [7, 11) is 1.36. The molecule has 1 heterocycles. The molecule has 19 heavy (non-hydrogen) atoms. The number of carbonyl (C=O) groups is 2. The smallest absolute Gasteiger partial charge is 0.308 e. The van der Waals surface area contributed by atoms with E-state index >= 15 is 0 Å². The van der Waals surface area contributed by atoms with Crippen LogP contribution in [0.5, 0.6) is 0 Å². The van der Waals surface area contributed by atoms with Crippen LogP contribution in [0.2, 0.25) is 0 Å². The van der Waals surface area contributed by atoms with Gasteiger partial charge in [-0.25, -0.2) is 0 Å². The lowest BCUT2D eigenvalue weighted by molar-refractivity contribution is -0.151. The monoisotopic (exact) mass is 271 g/mol. The molecule has 0 aliphatic carbocycles. The molecular weight excluding hydrogens is 246 g/mol. The van der Waals surface area contributed by atoms with E-state index in [9.17, 15) is 9.59 Å². The molecular formula is C14H25NO4. The lowest BCUT2D eigenvalue weighted by Crippen LogP contribution is -2.48. The van der Waals surface area contributed by atoms with E-state index in [4.69, 9.17) is 4.74 Å². The number of morpholine rings is 1. The molecule has 1 amide bonds. The van der Waals surface area contributed by atoms with Gasteiger partial charge in [0, 0.05) is 19.0 Å². The van der Waals surface area contributed by atoms with Crippen molar-refractivity contribution in [2.24, 2.45) is 5.92 Å². The molecule has 0 aromatic rings. The molecule has 2 atom stereocenters. The van der Waals surface area contributed by atoms with Gasteiger partial charge in [0.15, 0.2) is 0 Å². The van der Waals surface area contributed by atoms with Crippen LogP contribution >= 0.6 is 0 Å². The zero-order valence-electron chi connectivity index (χ0n) is 12.2. The molecule has 0 N–H and O–H groups in total. The summed E-state index contributed by atoms with van der Waals surface area (Å²) in [5, 5.41) is 0. The highest BCUT2D eigenvalue weighted by molar-refractivity contribution is 5.78. The van der Waals surface area contributed by atoms with Crippen LogP contribution in [0.1, 0.15) is 39.5 Å². The number of ether oxygens (including phenoxy) is 2. The summed E-state index contributed by atoms with van der Waals surface area (Å²) in [4.78, 5) is 25.3. The molecule has 0 saturated carbocycles. The Morgan fingerprint density at radius 1 is 1.47 bits per heavy atom. The van der Waals surface area contributed by atoms with Gasteiger partial charge in [-0.1, -0.05) is 26.7 Å². The standard InChI is InChI=1S/C14H25NO4/c1-4-5-6-11(2)14(17)15-7-8-19-12(10-15)9-13(16)18-3/h11-12H,4-10H2,1-3H3. The predicted molar refractivity (Wildman–Crippen MR) is 71.6 cm³/mol. The average Bonchev–Trinajstić information content (AvgIpc) is 2.44. The van der Waals surface area contributed by atoms with Crippen molar-refractivity contribution in [3.63, 3.8) is 0 Å². The van der Waals surface area contributed by atoms with Gasteiger partial charge in [-0.3, -0.25) is 9.59 Å². The molecule has 2 unspecified atom stereocenters. The number of hydrogen-bond acceptors (Lipinski definition) is 4. The summed E-state index contributed by atoms with van der Waals surface area (Å²) in [6.45, 7) is 5.70. The minimum atomic E-state index is -0.293. The Labute approximate surface area is 115 Å². The Morgan fingerprint density at radius 2 is 2.21 bits per heavy atom. The second kappa shape index (κ2) is 8.15. The summed E-state index contributed by atoms with van der Waals surface area (Å²) >= 11 is 0. The number of carbonyl (C=O) groups excluding carboxylic acids is 2. The van der Waals surface area contributed by atoms with Crippen LogP contribution in [0.15, 0.2) is 0 Å². The van der Waals surface area contributed by atoms with Crippen molar-refractivity contribution >= 4 is 11.9 Å². The highest BCUT2D eigenvalue weighted by atomic mass is 16.5. The summed E-state index contributed by atoms with van der Waals surface area (Å²) < 4.78 is 10.1. The van der Waals surface area contributed by atoms with Crippen LogP contribution in [-0.2, 0) is 19.1 Å². The van der Waals surface area contributed by atoms with E-state index in [2.05, 4.69) is 11.7 Å². The van der Waals surface area contributed by atoms with Gasteiger partial charge >= 0.3 is 5.97 Å². The maximum atomic E-state index is 12.3. The molecule has 1 fully saturated rings. The second-order valence-electron chi connectivity index (χ2n) is 5.10. The van der Waals surface area contributed by atoms with Crippen molar-refractivity contribution in [1.29, 1.82) is 0 Å². The van der Waals surface area contributed by atoms with Gasteiger partial charge in [-0.15, -0.1) is 0 Å². The van der Waals surface area contributed by atoms with E-state index in [1.54, 1.807) is 0 Å². The zero-order chi connectivity index (χ0) is 14.3. The van der Waals surface area contributed by atoms with Crippen molar-refractivity contribution in [3.8, 4) is 0 Å². The summed E-state index contributed by atoms with van der Waals surface area (Å²) in [5.41, 5.74) is 0. The normalized spacial score (nSPS) is 21.0. The van der Waals surface area contributed by atoms with Crippen LogP contribution in [0.3, 0.4) is 0 Å². The summed E-state index contributed by atoms with van der Waals surface area (Å²) in [6, 6.07) is 0. The first-order valence-electron chi connectivity index (χ1n) is 7.05. The molecule has 0 aromatic heterocycles. The third kappa shape index (κ3) is 5.19. The first kappa shape index (κ1) is 16.0. The zero-order valence-corrected chi connectivity index (χ0v) is 12.2. The van der Waals surface area contributed by atoms with Crippen molar-refractivity contribution in [2.75, 3.05) is 26.8 Å². The first-order chi connectivity index (χ1) is 9.08. The fraction of sp³-hybridized carbons (Fsp3) is 0.857. The van der Waals surface area contributed by atoms with Crippen molar-refractivity contribution < 1.29 is 19.1 Å². The molecule has 5 nitrogen and oxygen atoms in total. The quantitative estimate of drug-likeness (QED) is 0.689. The SMILES string of the molecule is CCCCC(C)C(=O)N1CCOC(CC(=O)OC)C1. The second-order valence-corrected chi connectivity index (χ2v) is 5.10. The van der Waals surface area contributed by atoms with Gasteiger partial charge in [0.25, 0.3) is 0 Å². The number of hydrogen-bond donors (Lipinski definition) is 0. The van der Waals surface area contributed by atoms with Crippen LogP contribution in [0, 0.1) is 5.92 Å². The van der Waals surface area contributed by atoms with Gasteiger partial charge in [0.1, 0.15) is 0 Å². The van der Waals surface area contributed by atoms with Crippen molar-refractivity contribution in [2.45, 2.75) is 45.6 Å². The van der Waals surface area contributed by atoms with E-state index in [-0.39, 0.29) is 30.3 Å². The Hall–Kier alpha value is -1.10. The van der Waals surface area contributed by atoms with Crippen LogP contribution in [-0.4, -0.2) is 49.7 Å². The Morgan fingerprint density at radius 3 is 2.84 bits per heavy atom. The number of rotatable bonds is 6. The molecule has 5 heteroatoms. The van der Waals surface area contributed by atoms with Crippen LogP contribution < -0.4 is 0 Å². The molecule has 1 aliphatic rings. The molecule has 1 rings (SSSR count). The Bertz CT molecular complexity index is 306. The van der Waals surface area contributed by atoms with E-state index in [0.29, 0.717) is 19.7 Å². The Kier molecular flexibility index (Phi) is 6.84. The largest absolute Gasteiger partial charge is 0.469 e. The van der Waals surface area contributed by atoms with Crippen molar-refractivity contribution in [1.82, 2.24) is 4.90 Å². The van der Waals surface area contributed by atoms with E-state index in [1.807, 2.05) is 11.8 Å². The minimum absolute atomic E-state index is 0.0526. The first-order valence-corrected chi connectivity index (χ1v) is 7.05. The third-order valence-electron chi connectivity index (χ3n) is 3.48. The van der Waals surface area contributed by atoms with Crippen LogP contribution in [0.4, 0.5) is 0 Å². The number of amides is 1. The number of esters is 1. The fourth-order valence-electron chi connectivity index (χ4n) is 2.26. The van der Waals surface area contributed by atoms with E-state index < -0.39 is 0 Å². The highest BCUT2D eigenvalue weighted by Gasteiger charge is 2.28. The van der Waals surface area contributed by atoms with Gasteiger partial charge in [0.2, 0.25) is 5.91 Å². The molecule has 0 aromatic carbocycles. The molecule has 1 aliphatic heterocycles. The summed E-state index contributed by atoms with van der Waals surface area (Å²) in [6.07, 6.45) is 3.08. The van der Waals surface area contributed by atoms with E-state index in [1.165, 1.54) is 7.11 Å². The number of unbranched alkanes of at least 4 members (excludes halogenated alkanes) is 1. The maximum absolute atomic E-state index is 12.3. The molecule has 0 radical (unpaired) electrons. The molecule has 0 bridgehead atoms. The summed E-state index contributed by atoms with van der Waals surface area (Å²) in [5.74, 6) is -0.0678. The molecule has 1 saturated heterocycles. The fourth-order valence-corrected chi connectivity index (χ4v) is 2.26. The lowest BCUT2D eigenvalue weighted by atomic mass is 10.0. The van der Waals surface area contributed by atoms with Crippen LogP contribution in [0.25, 0.3) is 0 Å². The molecule has 110 valence electrons. The maximum Gasteiger partial charge on any atom is 0.308 e. The predicted octanol–water partition coefficient (Wildman–Crippen LogP) is 1.60. The number of methoxy groups -OCH3 is 1. The minimum Gasteiger partial charge on any atom is -0.469 e. The Balaban J connectivity index is 2.44. The van der Waals surface area contributed by atoms with Gasteiger partial charge in [0.05, 0.1) is 26.2 Å². The van der Waals surface area contributed by atoms with Gasteiger partial charge in [-0.2, -0.15) is 0 Å². The lowest BCUT2D eigenvalue weighted by Gasteiger charge is -2.34. The highest BCUT2D eigenvalue weighted by Crippen LogP contribution is 2.16. The third-order valence-corrected chi connectivity index (χ3v) is 3.48. The number of nitrogens with zero attached hydrogens (tertiary/aromatic N) is 1. The van der Waals surface area contributed by atoms with E-state index in [0.717, 1.165) is 19.3 Å². The average molecular weight is 271 g/mol. The molecule has 0 spiro atoms. The van der Waals surface area contributed by atoms with Crippen molar-refractivity contribution in [3.05, 3.63) is 0 Å². The van der Waals surface area contributed by atoms with Gasteiger partial charge in [-0.05, 0) is 6.42 Å². The van der Waals surface area contributed by atoms with Gasteiger partial charge < -0.3 is 14.4 Å².